The van der Waals surface area contributed by atoms with E-state index in [1.165, 1.54) is 12.1 Å². The molecule has 0 bridgehead atoms. The average molecular weight is 346 g/mol. The molecule has 0 amide bonds. The zero-order valence-electron chi connectivity index (χ0n) is 13.8. The van der Waals surface area contributed by atoms with Crippen molar-refractivity contribution < 1.29 is 18.7 Å². The molecule has 1 fully saturated rings. The van der Waals surface area contributed by atoms with Gasteiger partial charge in [-0.25, -0.2) is 8.78 Å². The van der Waals surface area contributed by atoms with E-state index in [1.54, 1.807) is 12.4 Å². The SMILES string of the molecule is O=C(O)[C@@]1(Cc2ccc(F)cc2F)CCCN(Cc2ccncc2)C1. The van der Waals surface area contributed by atoms with Crippen LogP contribution < -0.4 is 0 Å². The van der Waals surface area contributed by atoms with Gasteiger partial charge in [0, 0.05) is 31.5 Å². The number of likely N-dealkylation sites (tertiary alicyclic amines) is 1. The van der Waals surface area contributed by atoms with Crippen LogP contribution in [0.1, 0.15) is 24.0 Å². The normalized spacial score (nSPS) is 21.2. The fraction of sp³-hybridized carbons (Fsp3) is 0.368. The highest BCUT2D eigenvalue weighted by Gasteiger charge is 2.42. The van der Waals surface area contributed by atoms with Crippen LogP contribution in [-0.4, -0.2) is 34.0 Å². The predicted molar refractivity (Wildman–Crippen MR) is 88.9 cm³/mol. The smallest absolute Gasteiger partial charge is 0.311 e. The molecule has 132 valence electrons. The van der Waals surface area contributed by atoms with Crippen molar-refractivity contribution in [3.8, 4) is 0 Å². The number of aliphatic carboxylic acids is 1. The van der Waals surface area contributed by atoms with Gasteiger partial charge in [-0.05, 0) is 55.1 Å². The fourth-order valence-corrected chi connectivity index (χ4v) is 3.53. The summed E-state index contributed by atoms with van der Waals surface area (Å²) in [4.78, 5) is 18.1. The maximum absolute atomic E-state index is 14.0. The minimum atomic E-state index is -1.07. The number of nitrogens with zero attached hydrogens (tertiary/aromatic N) is 2. The molecule has 1 aliphatic rings. The number of piperidine rings is 1. The van der Waals surface area contributed by atoms with Crippen molar-refractivity contribution in [3.63, 3.8) is 0 Å². The molecular weight excluding hydrogens is 326 g/mol. The first kappa shape index (κ1) is 17.5. The molecular formula is C19H20F2N2O2. The third kappa shape index (κ3) is 4.02. The minimum absolute atomic E-state index is 0.0568. The van der Waals surface area contributed by atoms with Crippen LogP contribution in [0.4, 0.5) is 8.78 Å². The summed E-state index contributed by atoms with van der Waals surface area (Å²) in [6, 6.07) is 7.12. The number of hydrogen-bond donors (Lipinski definition) is 1. The molecule has 1 aromatic heterocycles. The highest BCUT2D eigenvalue weighted by Crippen LogP contribution is 2.35. The van der Waals surface area contributed by atoms with Crippen molar-refractivity contribution in [2.24, 2.45) is 5.41 Å². The number of carbonyl (C=O) groups is 1. The third-order valence-corrected chi connectivity index (χ3v) is 4.81. The predicted octanol–water partition coefficient (Wildman–Crippen LogP) is 3.27. The summed E-state index contributed by atoms with van der Waals surface area (Å²) < 4.78 is 27.1. The van der Waals surface area contributed by atoms with E-state index >= 15 is 0 Å². The van der Waals surface area contributed by atoms with Crippen molar-refractivity contribution in [1.29, 1.82) is 0 Å². The van der Waals surface area contributed by atoms with Crippen molar-refractivity contribution in [1.82, 2.24) is 9.88 Å². The molecule has 1 atom stereocenters. The Morgan fingerprint density at radius 3 is 2.68 bits per heavy atom. The number of rotatable bonds is 5. The summed E-state index contributed by atoms with van der Waals surface area (Å²) in [5, 5.41) is 9.85. The zero-order chi connectivity index (χ0) is 17.9. The summed E-state index contributed by atoms with van der Waals surface area (Å²) in [5.74, 6) is -2.28. The number of hydrogen-bond acceptors (Lipinski definition) is 3. The summed E-state index contributed by atoms with van der Waals surface area (Å²) in [7, 11) is 0. The van der Waals surface area contributed by atoms with Crippen LogP contribution in [-0.2, 0) is 17.8 Å². The Balaban J connectivity index is 1.80. The Bertz CT molecular complexity index is 754. The van der Waals surface area contributed by atoms with Crippen molar-refractivity contribution in [2.45, 2.75) is 25.8 Å². The summed E-state index contributed by atoms with van der Waals surface area (Å²) >= 11 is 0. The lowest BCUT2D eigenvalue weighted by molar-refractivity contribution is -0.152. The van der Waals surface area contributed by atoms with Crippen LogP contribution in [0, 0.1) is 17.0 Å². The molecule has 25 heavy (non-hydrogen) atoms. The van der Waals surface area contributed by atoms with E-state index in [0.717, 1.165) is 24.6 Å². The van der Waals surface area contributed by atoms with Gasteiger partial charge in [-0.1, -0.05) is 6.07 Å². The van der Waals surface area contributed by atoms with Gasteiger partial charge in [-0.15, -0.1) is 0 Å². The van der Waals surface area contributed by atoms with Crippen LogP contribution >= 0.6 is 0 Å². The van der Waals surface area contributed by atoms with E-state index < -0.39 is 23.0 Å². The number of pyridine rings is 1. The molecule has 1 N–H and O–H groups in total. The highest BCUT2D eigenvalue weighted by molar-refractivity contribution is 5.75. The zero-order valence-corrected chi connectivity index (χ0v) is 13.8. The van der Waals surface area contributed by atoms with Crippen molar-refractivity contribution in [3.05, 3.63) is 65.5 Å². The molecule has 4 nitrogen and oxygen atoms in total. The topological polar surface area (TPSA) is 53.4 Å². The Hall–Kier alpha value is -2.34. The van der Waals surface area contributed by atoms with Gasteiger partial charge in [0.05, 0.1) is 5.41 Å². The summed E-state index contributed by atoms with van der Waals surface area (Å²) in [6.07, 6.45) is 4.67. The lowest BCUT2D eigenvalue weighted by Crippen LogP contribution is -2.48. The molecule has 1 aliphatic heterocycles. The molecule has 2 heterocycles. The molecule has 3 rings (SSSR count). The second-order valence-electron chi connectivity index (χ2n) is 6.67. The first-order valence-corrected chi connectivity index (χ1v) is 8.27. The molecule has 0 unspecified atom stereocenters. The maximum atomic E-state index is 14.0. The van der Waals surface area contributed by atoms with Gasteiger partial charge in [0.2, 0.25) is 0 Å². The second-order valence-corrected chi connectivity index (χ2v) is 6.67. The van der Waals surface area contributed by atoms with Crippen LogP contribution in [0.3, 0.4) is 0 Å². The van der Waals surface area contributed by atoms with Gasteiger partial charge >= 0.3 is 5.97 Å². The van der Waals surface area contributed by atoms with Gasteiger partial charge in [-0.3, -0.25) is 14.7 Å². The number of benzene rings is 1. The van der Waals surface area contributed by atoms with Crippen LogP contribution in [0.5, 0.6) is 0 Å². The largest absolute Gasteiger partial charge is 0.481 e. The highest BCUT2D eigenvalue weighted by atomic mass is 19.1. The Morgan fingerprint density at radius 1 is 1.24 bits per heavy atom. The van der Waals surface area contributed by atoms with Crippen LogP contribution in [0.25, 0.3) is 0 Å². The Labute approximate surface area is 145 Å². The van der Waals surface area contributed by atoms with Gasteiger partial charge in [-0.2, -0.15) is 0 Å². The molecule has 0 radical (unpaired) electrons. The third-order valence-electron chi connectivity index (χ3n) is 4.81. The van der Waals surface area contributed by atoms with Crippen molar-refractivity contribution >= 4 is 5.97 Å². The monoisotopic (exact) mass is 346 g/mol. The van der Waals surface area contributed by atoms with Gasteiger partial charge in [0.1, 0.15) is 11.6 Å². The average Bonchev–Trinajstić information content (AvgIpc) is 2.58. The van der Waals surface area contributed by atoms with Gasteiger partial charge in [0.15, 0.2) is 0 Å². The van der Waals surface area contributed by atoms with E-state index in [2.05, 4.69) is 9.88 Å². The molecule has 6 heteroatoms. The van der Waals surface area contributed by atoms with Crippen LogP contribution in [0.2, 0.25) is 0 Å². The lowest BCUT2D eigenvalue weighted by Gasteiger charge is -2.40. The first-order chi connectivity index (χ1) is 12.0. The fourth-order valence-electron chi connectivity index (χ4n) is 3.53. The van der Waals surface area contributed by atoms with E-state index in [-0.39, 0.29) is 12.0 Å². The molecule has 0 spiro atoms. The van der Waals surface area contributed by atoms with E-state index in [4.69, 9.17) is 0 Å². The number of halogens is 2. The maximum Gasteiger partial charge on any atom is 0.311 e. The quantitative estimate of drug-likeness (QED) is 0.903. The number of carboxylic acid groups (broad SMARTS) is 1. The number of carboxylic acids is 1. The summed E-state index contributed by atoms with van der Waals surface area (Å²) in [5.41, 5.74) is 0.239. The van der Waals surface area contributed by atoms with E-state index in [9.17, 15) is 18.7 Å². The van der Waals surface area contributed by atoms with E-state index in [0.29, 0.717) is 19.5 Å². The molecule has 2 aromatic rings. The molecule has 0 saturated carbocycles. The Morgan fingerprint density at radius 2 is 2.00 bits per heavy atom. The standard InChI is InChI=1S/C19H20F2N2O2/c20-16-3-2-15(17(21)10-16)11-19(18(24)25)6-1-9-23(13-19)12-14-4-7-22-8-5-14/h2-5,7-8,10H,1,6,9,11-13H2,(H,24,25)/t19-/m1/s1. The summed E-state index contributed by atoms with van der Waals surface area (Å²) in [6.45, 7) is 1.76. The van der Waals surface area contributed by atoms with Crippen LogP contribution in [0.15, 0.2) is 42.7 Å². The molecule has 0 aliphatic carbocycles. The first-order valence-electron chi connectivity index (χ1n) is 8.27. The van der Waals surface area contributed by atoms with Crippen molar-refractivity contribution in [2.75, 3.05) is 13.1 Å². The molecule has 1 aromatic carbocycles. The second kappa shape index (κ2) is 7.27. The molecule has 1 saturated heterocycles. The van der Waals surface area contributed by atoms with E-state index in [1.807, 2.05) is 12.1 Å². The number of aromatic nitrogens is 1. The van der Waals surface area contributed by atoms with Gasteiger partial charge < -0.3 is 5.11 Å². The van der Waals surface area contributed by atoms with Gasteiger partial charge in [0.25, 0.3) is 0 Å². The lowest BCUT2D eigenvalue weighted by atomic mass is 9.75. The minimum Gasteiger partial charge on any atom is -0.481 e. The Kier molecular flexibility index (Phi) is 5.08.